The largest absolute Gasteiger partial charge is 0.243 e. The van der Waals surface area contributed by atoms with Crippen molar-refractivity contribution in [3.63, 3.8) is 0 Å². The molecule has 1 saturated carbocycles. The normalized spacial score (nSPS) is 19.5. The second-order valence-corrected chi connectivity index (χ2v) is 11.4. The number of sulfonamides is 2. The molecule has 1 aromatic carbocycles. The maximum atomic E-state index is 13.0. The van der Waals surface area contributed by atoms with Crippen LogP contribution in [0.1, 0.15) is 46.0 Å². The fourth-order valence-electron chi connectivity index (χ4n) is 3.24. The molecule has 8 heteroatoms. The lowest BCUT2D eigenvalue weighted by Gasteiger charge is -2.23. The molecule has 2 aliphatic rings. The van der Waals surface area contributed by atoms with Crippen LogP contribution < -0.4 is 0 Å². The average Bonchev–Trinajstić information content (AvgIpc) is 3.25. The summed E-state index contributed by atoms with van der Waals surface area (Å²) >= 11 is 0. The molecule has 0 aromatic heterocycles. The molecule has 1 aliphatic heterocycles. The average molecular weight is 401 g/mol. The van der Waals surface area contributed by atoms with Gasteiger partial charge in [-0.3, -0.25) is 0 Å². The van der Waals surface area contributed by atoms with Crippen LogP contribution in [0.2, 0.25) is 0 Å². The Morgan fingerprint density at radius 2 is 1.54 bits per heavy atom. The predicted molar refractivity (Wildman–Crippen MR) is 101 cm³/mol. The van der Waals surface area contributed by atoms with E-state index in [1.54, 1.807) is 4.31 Å². The van der Waals surface area contributed by atoms with Gasteiger partial charge in [0.25, 0.3) is 0 Å². The first-order valence-corrected chi connectivity index (χ1v) is 12.2. The first-order chi connectivity index (χ1) is 12.2. The van der Waals surface area contributed by atoms with Gasteiger partial charge in [-0.2, -0.15) is 8.61 Å². The molecule has 0 bridgehead atoms. The molecular weight excluding hydrogens is 372 g/mol. The van der Waals surface area contributed by atoms with Crippen molar-refractivity contribution in [1.29, 1.82) is 0 Å². The van der Waals surface area contributed by atoms with Gasteiger partial charge in [0.15, 0.2) is 0 Å². The van der Waals surface area contributed by atoms with E-state index in [9.17, 15) is 16.8 Å². The summed E-state index contributed by atoms with van der Waals surface area (Å²) in [4.78, 5) is 0.340. The van der Waals surface area contributed by atoms with Gasteiger partial charge in [-0.1, -0.05) is 13.8 Å². The van der Waals surface area contributed by atoms with E-state index in [0.717, 1.165) is 32.1 Å². The number of rotatable bonds is 8. The molecule has 6 nitrogen and oxygen atoms in total. The first kappa shape index (κ1) is 19.8. The molecule has 1 saturated heterocycles. The lowest BCUT2D eigenvalue weighted by atomic mass is 10.1. The van der Waals surface area contributed by atoms with E-state index in [1.165, 1.54) is 28.6 Å². The SMILES string of the molecule is CC(C)CCN(C1CC1)S(=O)(=O)c1ccc(S(=O)(=O)N2CCCC2)cc1. The third-order valence-electron chi connectivity index (χ3n) is 5.01. The van der Waals surface area contributed by atoms with Gasteiger partial charge in [-0.05, 0) is 62.3 Å². The summed E-state index contributed by atoms with van der Waals surface area (Å²) in [7, 11) is -7.11. The molecule has 1 aliphatic carbocycles. The topological polar surface area (TPSA) is 74.8 Å². The minimum absolute atomic E-state index is 0.0896. The number of benzene rings is 1. The Morgan fingerprint density at radius 1 is 1.00 bits per heavy atom. The summed E-state index contributed by atoms with van der Waals surface area (Å²) in [5.41, 5.74) is 0. The van der Waals surface area contributed by atoms with Crippen molar-refractivity contribution in [3.8, 4) is 0 Å². The fourth-order valence-corrected chi connectivity index (χ4v) is 6.46. The standard InChI is InChI=1S/C18H28N2O4S2/c1-15(2)11-14-20(16-5-6-16)26(23,24)18-9-7-17(8-10-18)25(21,22)19-12-3-4-13-19/h7-10,15-16H,3-6,11-14H2,1-2H3. The predicted octanol–water partition coefficient (Wildman–Crippen LogP) is 2.67. The summed E-state index contributed by atoms with van der Waals surface area (Å²) < 4.78 is 54.3. The molecule has 0 amide bonds. The van der Waals surface area contributed by atoms with E-state index < -0.39 is 20.0 Å². The van der Waals surface area contributed by atoms with Gasteiger partial charge >= 0.3 is 0 Å². The summed E-state index contributed by atoms with van der Waals surface area (Å²) in [6, 6.07) is 5.81. The van der Waals surface area contributed by atoms with Crippen LogP contribution in [0.4, 0.5) is 0 Å². The van der Waals surface area contributed by atoms with Crippen LogP contribution in [0.25, 0.3) is 0 Å². The third-order valence-corrected chi connectivity index (χ3v) is 8.89. The van der Waals surface area contributed by atoms with E-state index in [0.29, 0.717) is 25.6 Å². The summed E-state index contributed by atoms with van der Waals surface area (Å²) in [6.45, 7) is 5.74. The van der Waals surface area contributed by atoms with Crippen molar-refractivity contribution in [3.05, 3.63) is 24.3 Å². The molecular formula is C18H28N2O4S2. The molecule has 26 heavy (non-hydrogen) atoms. The van der Waals surface area contributed by atoms with Crippen molar-refractivity contribution in [2.45, 2.75) is 61.8 Å². The maximum Gasteiger partial charge on any atom is 0.243 e. The van der Waals surface area contributed by atoms with Gasteiger partial charge in [0, 0.05) is 25.7 Å². The molecule has 0 atom stereocenters. The van der Waals surface area contributed by atoms with Gasteiger partial charge in [0.2, 0.25) is 20.0 Å². The van der Waals surface area contributed by atoms with Crippen molar-refractivity contribution >= 4 is 20.0 Å². The van der Waals surface area contributed by atoms with Crippen LogP contribution in [0.5, 0.6) is 0 Å². The van der Waals surface area contributed by atoms with Gasteiger partial charge < -0.3 is 0 Å². The van der Waals surface area contributed by atoms with Crippen molar-refractivity contribution < 1.29 is 16.8 Å². The van der Waals surface area contributed by atoms with E-state index in [2.05, 4.69) is 13.8 Å². The van der Waals surface area contributed by atoms with Crippen molar-refractivity contribution in [2.24, 2.45) is 5.92 Å². The molecule has 146 valence electrons. The lowest BCUT2D eigenvalue weighted by Crippen LogP contribution is -2.34. The minimum Gasteiger partial charge on any atom is -0.207 e. The zero-order valence-electron chi connectivity index (χ0n) is 15.5. The Balaban J connectivity index is 1.82. The maximum absolute atomic E-state index is 13.0. The Kier molecular flexibility index (Phi) is 5.77. The van der Waals surface area contributed by atoms with Crippen LogP contribution in [-0.4, -0.2) is 51.1 Å². The van der Waals surface area contributed by atoms with Gasteiger partial charge in [0.1, 0.15) is 0 Å². The summed E-state index contributed by atoms with van der Waals surface area (Å²) in [5, 5.41) is 0. The van der Waals surface area contributed by atoms with E-state index in [-0.39, 0.29) is 15.8 Å². The molecule has 0 N–H and O–H groups in total. The third kappa shape index (κ3) is 4.13. The molecule has 1 aromatic rings. The highest BCUT2D eigenvalue weighted by Gasteiger charge is 2.38. The highest BCUT2D eigenvalue weighted by atomic mass is 32.2. The number of nitrogens with zero attached hydrogens (tertiary/aromatic N) is 2. The second kappa shape index (κ2) is 7.58. The first-order valence-electron chi connectivity index (χ1n) is 9.35. The second-order valence-electron chi connectivity index (χ2n) is 7.61. The Morgan fingerprint density at radius 3 is 2.04 bits per heavy atom. The number of hydrogen-bond donors (Lipinski definition) is 0. The Labute approximate surface area is 157 Å². The van der Waals surface area contributed by atoms with Crippen LogP contribution in [0.3, 0.4) is 0 Å². The van der Waals surface area contributed by atoms with E-state index in [1.807, 2.05) is 0 Å². The van der Waals surface area contributed by atoms with Gasteiger partial charge in [-0.15, -0.1) is 0 Å². The van der Waals surface area contributed by atoms with E-state index in [4.69, 9.17) is 0 Å². The van der Waals surface area contributed by atoms with Crippen LogP contribution >= 0.6 is 0 Å². The molecule has 1 heterocycles. The summed E-state index contributed by atoms with van der Waals surface area (Å²) in [6.07, 6.45) is 4.37. The lowest BCUT2D eigenvalue weighted by molar-refractivity contribution is 0.373. The van der Waals surface area contributed by atoms with Crippen LogP contribution in [0, 0.1) is 5.92 Å². The smallest absolute Gasteiger partial charge is 0.207 e. The van der Waals surface area contributed by atoms with Crippen molar-refractivity contribution in [1.82, 2.24) is 8.61 Å². The van der Waals surface area contributed by atoms with Crippen LogP contribution in [0.15, 0.2) is 34.1 Å². The van der Waals surface area contributed by atoms with Gasteiger partial charge in [0.05, 0.1) is 9.79 Å². The zero-order valence-corrected chi connectivity index (χ0v) is 17.1. The summed E-state index contributed by atoms with van der Waals surface area (Å²) in [5.74, 6) is 0.430. The minimum atomic E-state index is -3.59. The fraction of sp³-hybridized carbons (Fsp3) is 0.667. The van der Waals surface area contributed by atoms with Crippen LogP contribution in [-0.2, 0) is 20.0 Å². The molecule has 3 rings (SSSR count). The van der Waals surface area contributed by atoms with Gasteiger partial charge in [-0.25, -0.2) is 16.8 Å². The Bertz CT molecular complexity index is 822. The molecule has 0 radical (unpaired) electrons. The van der Waals surface area contributed by atoms with Crippen molar-refractivity contribution in [2.75, 3.05) is 19.6 Å². The highest BCUT2D eigenvalue weighted by Crippen LogP contribution is 2.33. The Hall–Kier alpha value is -0.960. The van der Waals surface area contributed by atoms with E-state index >= 15 is 0 Å². The highest BCUT2D eigenvalue weighted by molar-refractivity contribution is 7.89. The number of hydrogen-bond acceptors (Lipinski definition) is 4. The monoisotopic (exact) mass is 400 g/mol. The quantitative estimate of drug-likeness (QED) is 0.672. The molecule has 0 unspecified atom stereocenters. The zero-order chi connectivity index (χ0) is 18.9. The molecule has 0 spiro atoms. The molecule has 2 fully saturated rings.